The van der Waals surface area contributed by atoms with E-state index >= 15 is 0 Å². The topological polar surface area (TPSA) is 56.3 Å². The van der Waals surface area contributed by atoms with Gasteiger partial charge in [0, 0.05) is 28.6 Å². The molecule has 2 aromatic rings. The summed E-state index contributed by atoms with van der Waals surface area (Å²) >= 11 is 1.48. The second-order valence-corrected chi connectivity index (χ2v) is 8.23. The van der Waals surface area contributed by atoms with E-state index in [2.05, 4.69) is 11.9 Å². The number of thiophene rings is 1. The molecule has 26 heavy (non-hydrogen) atoms. The molecule has 0 saturated carbocycles. The average Bonchev–Trinajstić information content (AvgIpc) is 3.15. The SMILES string of the molecule is CN1[C@@H]2CC(N(C(=O)O)c3ccc(F)cc3-c3cccs3)C[C@H]1[C@@H]1O[C@@H]12. The van der Waals surface area contributed by atoms with Crippen molar-refractivity contribution in [1.29, 1.82) is 0 Å². The van der Waals surface area contributed by atoms with Gasteiger partial charge >= 0.3 is 6.09 Å². The summed E-state index contributed by atoms with van der Waals surface area (Å²) in [7, 11) is 2.10. The Morgan fingerprint density at radius 1 is 1.31 bits per heavy atom. The second-order valence-electron chi connectivity index (χ2n) is 7.28. The van der Waals surface area contributed by atoms with E-state index in [1.54, 1.807) is 6.07 Å². The number of benzene rings is 1. The summed E-state index contributed by atoms with van der Waals surface area (Å²) in [6.45, 7) is 0. The Morgan fingerprint density at radius 3 is 2.65 bits per heavy atom. The fourth-order valence-corrected chi connectivity index (χ4v) is 5.48. The average molecular weight is 374 g/mol. The first-order valence-corrected chi connectivity index (χ1v) is 9.65. The van der Waals surface area contributed by atoms with Crippen molar-refractivity contribution in [2.24, 2.45) is 0 Å². The van der Waals surface area contributed by atoms with Crippen molar-refractivity contribution in [1.82, 2.24) is 4.90 Å². The number of morpholine rings is 1. The first-order valence-electron chi connectivity index (χ1n) is 8.77. The number of nitrogens with zero attached hydrogens (tertiary/aromatic N) is 2. The maximum absolute atomic E-state index is 13.9. The summed E-state index contributed by atoms with van der Waals surface area (Å²) in [5, 5.41) is 11.9. The van der Waals surface area contributed by atoms with Gasteiger partial charge in [-0.1, -0.05) is 6.07 Å². The van der Waals surface area contributed by atoms with Gasteiger partial charge < -0.3 is 9.84 Å². The van der Waals surface area contributed by atoms with E-state index in [1.807, 2.05) is 17.5 Å². The molecule has 1 amide bonds. The van der Waals surface area contributed by atoms with Crippen LogP contribution in [0.5, 0.6) is 0 Å². The van der Waals surface area contributed by atoms with Crippen LogP contribution in [0.4, 0.5) is 14.9 Å². The largest absolute Gasteiger partial charge is 0.465 e. The van der Waals surface area contributed by atoms with E-state index in [-0.39, 0.29) is 36.2 Å². The standard InChI is InChI=1S/C19H19FN2O3S/c1-21-14-8-11(9-15(21)18-17(14)25-18)22(19(23)24)13-5-4-10(20)7-12(13)16-3-2-6-26-16/h2-7,11,14-15,17-18H,8-9H2,1H3,(H,23,24)/t11?,14-,15+,17-,18+. The third kappa shape index (κ3) is 2.38. The number of rotatable bonds is 3. The number of ether oxygens (including phenoxy) is 1. The summed E-state index contributed by atoms with van der Waals surface area (Å²) in [5.74, 6) is -0.361. The summed E-state index contributed by atoms with van der Waals surface area (Å²) in [4.78, 5) is 16.9. The van der Waals surface area contributed by atoms with Crippen LogP contribution in [0.3, 0.4) is 0 Å². The van der Waals surface area contributed by atoms with Crippen LogP contribution in [-0.4, -0.2) is 53.5 Å². The minimum Gasteiger partial charge on any atom is -0.465 e. The van der Waals surface area contributed by atoms with Gasteiger partial charge in [0.2, 0.25) is 0 Å². The zero-order valence-corrected chi connectivity index (χ0v) is 15.0. The number of amides is 1. The number of hydrogen-bond acceptors (Lipinski definition) is 4. The van der Waals surface area contributed by atoms with Crippen molar-refractivity contribution in [3.05, 3.63) is 41.5 Å². The lowest BCUT2D eigenvalue weighted by molar-refractivity contribution is 0.0642. The molecule has 1 aromatic heterocycles. The van der Waals surface area contributed by atoms with Gasteiger partial charge in [-0.25, -0.2) is 9.18 Å². The predicted octanol–water partition coefficient (Wildman–Crippen LogP) is 3.65. The predicted molar refractivity (Wildman–Crippen MR) is 97.2 cm³/mol. The van der Waals surface area contributed by atoms with E-state index < -0.39 is 6.09 Å². The van der Waals surface area contributed by atoms with Crippen LogP contribution in [0.15, 0.2) is 35.7 Å². The molecule has 1 aromatic carbocycles. The van der Waals surface area contributed by atoms with Gasteiger partial charge in [0.15, 0.2) is 0 Å². The molecule has 5 atom stereocenters. The lowest BCUT2D eigenvalue weighted by Crippen LogP contribution is -2.53. The molecular weight excluding hydrogens is 355 g/mol. The maximum atomic E-state index is 13.9. The summed E-state index contributed by atoms with van der Waals surface area (Å²) < 4.78 is 19.6. The van der Waals surface area contributed by atoms with Gasteiger partial charge in [-0.2, -0.15) is 0 Å². The number of likely N-dealkylation sites (N-methyl/N-ethyl adjacent to an activating group) is 1. The number of carbonyl (C=O) groups is 1. The van der Waals surface area contributed by atoms with E-state index in [1.165, 1.54) is 28.4 Å². The number of hydrogen-bond donors (Lipinski definition) is 1. The lowest BCUT2D eigenvalue weighted by Gasteiger charge is -2.42. The number of piperidine rings is 1. The molecule has 0 aliphatic carbocycles. The summed E-state index contributed by atoms with van der Waals surface area (Å²) in [6.07, 6.45) is 0.980. The molecule has 7 heteroatoms. The molecular formula is C19H19FN2O3S. The number of fused-ring (bicyclic) bond motifs is 5. The molecule has 3 aliphatic heterocycles. The summed E-state index contributed by atoms with van der Waals surface area (Å²) in [6, 6.07) is 8.54. The highest BCUT2D eigenvalue weighted by atomic mass is 32.1. The van der Waals surface area contributed by atoms with Gasteiger partial charge in [-0.3, -0.25) is 9.80 Å². The number of carboxylic acid groups (broad SMARTS) is 1. The highest BCUT2D eigenvalue weighted by Crippen LogP contribution is 2.49. The number of anilines is 1. The Morgan fingerprint density at radius 2 is 2.04 bits per heavy atom. The van der Waals surface area contributed by atoms with Crippen molar-refractivity contribution >= 4 is 23.1 Å². The van der Waals surface area contributed by atoms with Gasteiger partial charge in [-0.15, -0.1) is 11.3 Å². The van der Waals surface area contributed by atoms with Gasteiger partial charge in [-0.05, 0) is 49.5 Å². The van der Waals surface area contributed by atoms with Crippen molar-refractivity contribution in [2.45, 2.75) is 43.2 Å². The van der Waals surface area contributed by atoms with Crippen LogP contribution in [0.1, 0.15) is 12.8 Å². The van der Waals surface area contributed by atoms with Crippen molar-refractivity contribution in [3.8, 4) is 10.4 Å². The lowest BCUT2D eigenvalue weighted by atomic mass is 9.94. The third-order valence-electron chi connectivity index (χ3n) is 5.97. The second kappa shape index (κ2) is 5.77. The molecule has 1 unspecified atom stereocenters. The van der Waals surface area contributed by atoms with Crippen LogP contribution in [0, 0.1) is 5.82 Å². The van der Waals surface area contributed by atoms with E-state index in [4.69, 9.17) is 4.74 Å². The molecule has 2 bridgehead atoms. The van der Waals surface area contributed by atoms with Crippen LogP contribution in [0.2, 0.25) is 0 Å². The third-order valence-corrected chi connectivity index (χ3v) is 6.87. The Balaban J connectivity index is 1.54. The molecule has 0 spiro atoms. The Labute approximate surface area is 154 Å². The first kappa shape index (κ1) is 16.2. The molecule has 4 heterocycles. The molecule has 5 rings (SSSR count). The molecule has 5 nitrogen and oxygen atoms in total. The van der Waals surface area contributed by atoms with Gasteiger partial charge in [0.05, 0.1) is 5.69 Å². The minimum atomic E-state index is -0.988. The Kier molecular flexibility index (Phi) is 3.60. The van der Waals surface area contributed by atoms with Crippen molar-refractivity contribution in [3.63, 3.8) is 0 Å². The fraction of sp³-hybridized carbons (Fsp3) is 0.421. The summed E-state index contributed by atoms with van der Waals surface area (Å²) in [5.41, 5.74) is 1.19. The van der Waals surface area contributed by atoms with Gasteiger partial charge in [0.25, 0.3) is 0 Å². The first-order chi connectivity index (χ1) is 12.5. The van der Waals surface area contributed by atoms with E-state index in [9.17, 15) is 14.3 Å². The molecule has 136 valence electrons. The normalized spacial score (nSPS) is 32.3. The van der Waals surface area contributed by atoms with Crippen LogP contribution in [-0.2, 0) is 4.74 Å². The minimum absolute atomic E-state index is 0.126. The molecule has 3 aliphatic rings. The monoisotopic (exact) mass is 374 g/mol. The maximum Gasteiger partial charge on any atom is 0.412 e. The highest BCUT2D eigenvalue weighted by Gasteiger charge is 2.63. The van der Waals surface area contributed by atoms with Crippen molar-refractivity contribution in [2.75, 3.05) is 11.9 Å². The Hall–Kier alpha value is -1.96. The van der Waals surface area contributed by atoms with Crippen LogP contribution in [0.25, 0.3) is 10.4 Å². The van der Waals surface area contributed by atoms with Gasteiger partial charge in [0.1, 0.15) is 18.0 Å². The zero-order valence-electron chi connectivity index (χ0n) is 14.2. The van der Waals surface area contributed by atoms with Crippen LogP contribution >= 0.6 is 11.3 Å². The number of epoxide rings is 1. The molecule has 0 radical (unpaired) electrons. The molecule has 1 N–H and O–H groups in total. The molecule has 3 fully saturated rings. The quantitative estimate of drug-likeness (QED) is 0.834. The smallest absolute Gasteiger partial charge is 0.412 e. The van der Waals surface area contributed by atoms with E-state index in [0.717, 1.165) is 17.7 Å². The Bertz CT molecular complexity index is 840. The molecule has 3 saturated heterocycles. The van der Waals surface area contributed by atoms with Crippen molar-refractivity contribution < 1.29 is 19.0 Å². The van der Waals surface area contributed by atoms with Crippen LogP contribution < -0.4 is 4.90 Å². The highest BCUT2D eigenvalue weighted by molar-refractivity contribution is 7.13. The number of halogens is 1. The van der Waals surface area contributed by atoms with E-state index in [0.29, 0.717) is 11.3 Å². The fourth-order valence-electron chi connectivity index (χ4n) is 4.73. The zero-order chi connectivity index (χ0) is 18.0.